The summed E-state index contributed by atoms with van der Waals surface area (Å²) in [7, 11) is 0. The van der Waals surface area contributed by atoms with E-state index in [-0.39, 0.29) is 0 Å². The van der Waals surface area contributed by atoms with Crippen molar-refractivity contribution in [1.29, 1.82) is 0 Å². The van der Waals surface area contributed by atoms with E-state index in [2.05, 4.69) is 39.7 Å². The summed E-state index contributed by atoms with van der Waals surface area (Å²) >= 11 is 6.11. The molecule has 0 aliphatic heterocycles. The van der Waals surface area contributed by atoms with Gasteiger partial charge < -0.3 is 0 Å². The van der Waals surface area contributed by atoms with Crippen molar-refractivity contribution in [2.45, 2.75) is 32.6 Å². The number of para-hydroxylation sites is 1. The van der Waals surface area contributed by atoms with Crippen molar-refractivity contribution < 1.29 is 0 Å². The van der Waals surface area contributed by atoms with Crippen LogP contribution < -0.4 is 0 Å². The molecule has 3 rings (SSSR count). The molecule has 0 radical (unpaired) electrons. The summed E-state index contributed by atoms with van der Waals surface area (Å²) in [6.45, 7) is 4.18. The molecule has 0 aliphatic rings. The van der Waals surface area contributed by atoms with Crippen LogP contribution in [-0.2, 0) is 12.3 Å². The predicted octanol–water partition coefficient (Wildman–Crippen LogP) is 4.42. The lowest BCUT2D eigenvalue weighted by atomic mass is 10.1. The van der Waals surface area contributed by atoms with Gasteiger partial charge in [-0.2, -0.15) is 0 Å². The summed E-state index contributed by atoms with van der Waals surface area (Å²) in [5.74, 6) is 1.21. The minimum Gasteiger partial charge on any atom is -0.279 e. The molecule has 4 heteroatoms. The Morgan fingerprint density at radius 3 is 2.67 bits per heavy atom. The first-order valence-corrected chi connectivity index (χ1v) is 7.77. The number of hydrogen-bond acceptors (Lipinski definition) is 2. The number of fused-ring (bicyclic) bond motifs is 1. The van der Waals surface area contributed by atoms with Gasteiger partial charge >= 0.3 is 0 Å². The molecule has 2 heterocycles. The van der Waals surface area contributed by atoms with Gasteiger partial charge in [0.25, 0.3) is 0 Å². The van der Waals surface area contributed by atoms with Gasteiger partial charge in [-0.1, -0.05) is 31.5 Å². The number of halogens is 1. The molecule has 0 unspecified atom stereocenters. The van der Waals surface area contributed by atoms with E-state index >= 15 is 0 Å². The number of nitrogens with zero attached hydrogens (tertiary/aromatic N) is 3. The van der Waals surface area contributed by atoms with Crippen LogP contribution in [0.15, 0.2) is 36.4 Å². The Bertz CT molecular complexity index is 777. The highest BCUT2D eigenvalue weighted by Gasteiger charge is 2.15. The topological polar surface area (TPSA) is 30.7 Å². The first-order valence-electron chi connectivity index (χ1n) is 7.23. The predicted molar refractivity (Wildman–Crippen MR) is 87.2 cm³/mol. The van der Waals surface area contributed by atoms with Crippen molar-refractivity contribution in [2.75, 3.05) is 0 Å². The molecule has 2 aromatic heterocycles. The Hall–Kier alpha value is -1.87. The molecular weight excluding hydrogens is 282 g/mol. The molecule has 3 aromatic rings. The number of imidazole rings is 1. The van der Waals surface area contributed by atoms with Crippen LogP contribution in [0.4, 0.5) is 0 Å². The minimum absolute atomic E-state index is 0.371. The molecule has 0 atom stereocenters. The first kappa shape index (κ1) is 14.1. The average Bonchev–Trinajstić information content (AvgIpc) is 2.86. The van der Waals surface area contributed by atoms with E-state index in [9.17, 15) is 0 Å². The molecule has 0 amide bonds. The number of benzene rings is 1. The Balaban J connectivity index is 2.30. The Labute approximate surface area is 129 Å². The summed E-state index contributed by atoms with van der Waals surface area (Å²) < 4.78 is 2.10. The molecule has 0 bridgehead atoms. The van der Waals surface area contributed by atoms with Gasteiger partial charge in [0.2, 0.25) is 0 Å². The molecular formula is C17H18ClN3. The minimum atomic E-state index is 0.371. The first-order chi connectivity index (χ1) is 10.2. The van der Waals surface area contributed by atoms with Gasteiger partial charge in [0, 0.05) is 5.69 Å². The lowest BCUT2D eigenvalue weighted by molar-refractivity contribution is 0.885. The summed E-state index contributed by atoms with van der Waals surface area (Å²) in [5, 5.41) is 0. The molecule has 0 spiro atoms. The normalized spacial score (nSPS) is 11.2. The summed E-state index contributed by atoms with van der Waals surface area (Å²) in [6.07, 6.45) is 2.13. The molecule has 0 fully saturated rings. The molecule has 0 aliphatic carbocycles. The van der Waals surface area contributed by atoms with Gasteiger partial charge in [-0.3, -0.25) is 4.57 Å². The van der Waals surface area contributed by atoms with Crippen LogP contribution in [0.5, 0.6) is 0 Å². The van der Waals surface area contributed by atoms with E-state index < -0.39 is 0 Å². The Kier molecular flexibility index (Phi) is 3.93. The molecule has 0 N–H and O–H groups in total. The number of aromatic nitrogens is 3. The Morgan fingerprint density at radius 2 is 1.90 bits per heavy atom. The second-order valence-corrected chi connectivity index (χ2v) is 5.44. The number of alkyl halides is 1. The fourth-order valence-corrected chi connectivity index (χ4v) is 2.83. The highest BCUT2D eigenvalue weighted by atomic mass is 35.5. The van der Waals surface area contributed by atoms with Crippen LogP contribution in [0.2, 0.25) is 0 Å². The van der Waals surface area contributed by atoms with Crippen LogP contribution in [0, 0.1) is 6.92 Å². The quantitative estimate of drug-likeness (QED) is 0.668. The number of rotatable bonds is 4. The molecule has 0 saturated heterocycles. The number of hydrogen-bond donors (Lipinski definition) is 0. The molecule has 108 valence electrons. The van der Waals surface area contributed by atoms with Crippen LogP contribution >= 0.6 is 11.6 Å². The van der Waals surface area contributed by atoms with Crippen LogP contribution in [0.3, 0.4) is 0 Å². The molecule has 21 heavy (non-hydrogen) atoms. The van der Waals surface area contributed by atoms with E-state index in [1.165, 1.54) is 5.56 Å². The van der Waals surface area contributed by atoms with Crippen molar-refractivity contribution in [1.82, 2.24) is 14.5 Å². The van der Waals surface area contributed by atoms with Gasteiger partial charge in [-0.05, 0) is 37.1 Å². The maximum Gasteiger partial charge on any atom is 0.164 e. The largest absolute Gasteiger partial charge is 0.279 e. The van der Waals surface area contributed by atoms with Crippen molar-refractivity contribution in [3.05, 3.63) is 53.5 Å². The zero-order valence-corrected chi connectivity index (χ0v) is 13.1. The monoisotopic (exact) mass is 299 g/mol. The fraction of sp³-hybridized carbons (Fsp3) is 0.294. The second-order valence-electron chi connectivity index (χ2n) is 5.17. The zero-order chi connectivity index (χ0) is 14.8. The van der Waals surface area contributed by atoms with Gasteiger partial charge in [0.1, 0.15) is 11.3 Å². The highest BCUT2D eigenvalue weighted by molar-refractivity contribution is 6.16. The average molecular weight is 300 g/mol. The molecule has 0 saturated carbocycles. The summed E-state index contributed by atoms with van der Waals surface area (Å²) in [6, 6.07) is 12.4. The third-order valence-electron chi connectivity index (χ3n) is 3.58. The van der Waals surface area contributed by atoms with E-state index in [4.69, 9.17) is 11.6 Å². The molecule has 1 aromatic carbocycles. The van der Waals surface area contributed by atoms with Crippen molar-refractivity contribution in [2.24, 2.45) is 0 Å². The van der Waals surface area contributed by atoms with Crippen LogP contribution in [0.1, 0.15) is 30.4 Å². The van der Waals surface area contributed by atoms with Gasteiger partial charge in [-0.15, -0.1) is 11.6 Å². The maximum absolute atomic E-state index is 6.11. The van der Waals surface area contributed by atoms with Gasteiger partial charge in [0.05, 0.1) is 11.6 Å². The maximum atomic E-state index is 6.11. The lowest BCUT2D eigenvalue weighted by Crippen LogP contribution is -2.04. The van der Waals surface area contributed by atoms with Crippen LogP contribution in [0.25, 0.3) is 16.9 Å². The summed E-state index contributed by atoms with van der Waals surface area (Å²) in [5.41, 5.74) is 5.19. The van der Waals surface area contributed by atoms with Crippen molar-refractivity contribution >= 4 is 22.8 Å². The van der Waals surface area contributed by atoms with Crippen molar-refractivity contribution in [3.8, 4) is 5.69 Å². The van der Waals surface area contributed by atoms with E-state index in [1.54, 1.807) is 0 Å². The Morgan fingerprint density at radius 1 is 1.10 bits per heavy atom. The lowest BCUT2D eigenvalue weighted by Gasteiger charge is -2.12. The fourth-order valence-electron chi connectivity index (χ4n) is 2.65. The van der Waals surface area contributed by atoms with Gasteiger partial charge in [-0.25, -0.2) is 9.97 Å². The standard InChI is InChI=1S/C17H18ClN3/c1-3-6-13-7-4-5-8-15(13)21-16(11-18)20-14-10-9-12(2)19-17(14)21/h4-5,7-10H,3,6,11H2,1-2H3. The van der Waals surface area contributed by atoms with Crippen molar-refractivity contribution in [3.63, 3.8) is 0 Å². The zero-order valence-electron chi connectivity index (χ0n) is 12.3. The smallest absolute Gasteiger partial charge is 0.164 e. The number of aryl methyl sites for hydroxylation is 2. The van der Waals surface area contributed by atoms with E-state index in [0.29, 0.717) is 5.88 Å². The molecule has 3 nitrogen and oxygen atoms in total. The SMILES string of the molecule is CCCc1ccccc1-n1c(CCl)nc2ccc(C)nc21. The third kappa shape index (κ3) is 2.54. The van der Waals surface area contributed by atoms with E-state index in [1.807, 2.05) is 25.1 Å². The highest BCUT2D eigenvalue weighted by Crippen LogP contribution is 2.25. The van der Waals surface area contributed by atoms with Crippen LogP contribution in [-0.4, -0.2) is 14.5 Å². The third-order valence-corrected chi connectivity index (χ3v) is 3.82. The van der Waals surface area contributed by atoms with Gasteiger partial charge in [0.15, 0.2) is 5.65 Å². The number of pyridine rings is 1. The van der Waals surface area contributed by atoms with E-state index in [0.717, 1.165) is 41.2 Å². The summed E-state index contributed by atoms with van der Waals surface area (Å²) in [4.78, 5) is 9.28. The second kappa shape index (κ2) is 5.86.